The monoisotopic (exact) mass is 337 g/mol. The predicted molar refractivity (Wildman–Crippen MR) is 85.7 cm³/mol. The number of azo groups is 1. The average molecular weight is 337 g/mol. The zero-order chi connectivity index (χ0) is 16.9. The molecule has 2 rings (SSSR count). The molecule has 0 fully saturated rings. The van der Waals surface area contributed by atoms with Crippen molar-refractivity contribution in [2.45, 2.75) is 11.8 Å². The van der Waals surface area contributed by atoms with Gasteiger partial charge in [0.05, 0.1) is 18.0 Å². The molecule has 0 saturated carbocycles. The first-order valence-corrected chi connectivity index (χ1v) is 8.20. The SMILES string of the molecule is Cc1ccc(S(=O)(=O)F)cc1N=Nc1ccc(NCCO)cc1. The Morgan fingerprint density at radius 1 is 1.13 bits per heavy atom. The van der Waals surface area contributed by atoms with Gasteiger partial charge in [0, 0.05) is 12.2 Å². The lowest BCUT2D eigenvalue weighted by Gasteiger charge is -2.04. The summed E-state index contributed by atoms with van der Waals surface area (Å²) in [7, 11) is -4.77. The number of rotatable bonds is 6. The maximum Gasteiger partial charge on any atom is 0.332 e. The molecule has 0 bridgehead atoms. The van der Waals surface area contributed by atoms with Crippen molar-refractivity contribution in [3.05, 3.63) is 48.0 Å². The Morgan fingerprint density at radius 3 is 2.43 bits per heavy atom. The van der Waals surface area contributed by atoms with Crippen LogP contribution >= 0.6 is 0 Å². The molecule has 0 radical (unpaired) electrons. The molecule has 2 aromatic carbocycles. The van der Waals surface area contributed by atoms with Crippen LogP contribution in [-0.4, -0.2) is 26.7 Å². The fourth-order valence-electron chi connectivity index (χ4n) is 1.81. The Morgan fingerprint density at radius 2 is 1.83 bits per heavy atom. The van der Waals surface area contributed by atoms with Crippen molar-refractivity contribution >= 4 is 27.3 Å². The lowest BCUT2D eigenvalue weighted by molar-refractivity contribution is 0.311. The minimum Gasteiger partial charge on any atom is -0.395 e. The van der Waals surface area contributed by atoms with Gasteiger partial charge in [-0.15, -0.1) is 3.89 Å². The van der Waals surface area contributed by atoms with Gasteiger partial charge in [-0.2, -0.15) is 18.6 Å². The van der Waals surface area contributed by atoms with E-state index in [-0.39, 0.29) is 12.3 Å². The summed E-state index contributed by atoms with van der Waals surface area (Å²) in [5.74, 6) is 0. The number of hydrogen-bond acceptors (Lipinski definition) is 6. The molecule has 0 unspecified atom stereocenters. The molecule has 0 aromatic heterocycles. The number of aryl methyl sites for hydroxylation is 1. The Hall–Kier alpha value is -2.32. The number of nitrogens with one attached hydrogen (secondary N) is 1. The second-order valence-electron chi connectivity index (χ2n) is 4.78. The van der Waals surface area contributed by atoms with Crippen LogP contribution in [0.5, 0.6) is 0 Å². The Labute approximate surface area is 133 Å². The Balaban J connectivity index is 2.19. The van der Waals surface area contributed by atoms with Crippen LogP contribution in [0.3, 0.4) is 0 Å². The molecule has 0 atom stereocenters. The number of anilines is 1. The lowest BCUT2D eigenvalue weighted by Crippen LogP contribution is -2.04. The molecule has 0 aliphatic carbocycles. The van der Waals surface area contributed by atoms with Crippen LogP contribution < -0.4 is 5.32 Å². The van der Waals surface area contributed by atoms with E-state index in [0.717, 1.165) is 11.8 Å². The third-order valence-corrected chi connectivity index (χ3v) is 3.86. The van der Waals surface area contributed by atoms with Gasteiger partial charge in [0.15, 0.2) is 0 Å². The highest BCUT2D eigenvalue weighted by atomic mass is 32.3. The highest BCUT2D eigenvalue weighted by Gasteiger charge is 2.13. The lowest BCUT2D eigenvalue weighted by atomic mass is 10.2. The molecular weight excluding hydrogens is 321 g/mol. The van der Waals surface area contributed by atoms with Gasteiger partial charge in [-0.25, -0.2) is 0 Å². The number of hydrogen-bond donors (Lipinski definition) is 2. The first-order chi connectivity index (χ1) is 10.9. The number of benzene rings is 2. The summed E-state index contributed by atoms with van der Waals surface area (Å²) in [4.78, 5) is -0.444. The molecule has 0 aliphatic heterocycles. The largest absolute Gasteiger partial charge is 0.395 e. The average Bonchev–Trinajstić information content (AvgIpc) is 2.52. The number of nitrogens with zero attached hydrogens (tertiary/aromatic N) is 2. The van der Waals surface area contributed by atoms with Crippen molar-refractivity contribution in [1.29, 1.82) is 0 Å². The molecule has 0 aliphatic rings. The second kappa shape index (κ2) is 7.30. The quantitative estimate of drug-likeness (QED) is 0.624. The zero-order valence-corrected chi connectivity index (χ0v) is 13.2. The first-order valence-electron chi connectivity index (χ1n) is 6.82. The van der Waals surface area contributed by atoms with Crippen LogP contribution in [0.4, 0.5) is 20.9 Å². The van der Waals surface area contributed by atoms with Gasteiger partial charge in [-0.3, -0.25) is 0 Å². The van der Waals surface area contributed by atoms with E-state index in [2.05, 4.69) is 15.5 Å². The summed E-state index contributed by atoms with van der Waals surface area (Å²) >= 11 is 0. The van der Waals surface area contributed by atoms with Crippen molar-refractivity contribution in [3.63, 3.8) is 0 Å². The van der Waals surface area contributed by atoms with Crippen molar-refractivity contribution in [2.75, 3.05) is 18.5 Å². The van der Waals surface area contributed by atoms with Crippen molar-refractivity contribution in [2.24, 2.45) is 10.2 Å². The summed E-state index contributed by atoms with van der Waals surface area (Å²) < 4.78 is 34.9. The third kappa shape index (κ3) is 4.83. The van der Waals surface area contributed by atoms with E-state index in [1.807, 2.05) is 0 Å². The molecule has 0 amide bonds. The molecule has 6 nitrogen and oxygen atoms in total. The van der Waals surface area contributed by atoms with E-state index < -0.39 is 15.1 Å². The van der Waals surface area contributed by atoms with Crippen LogP contribution in [0.25, 0.3) is 0 Å². The van der Waals surface area contributed by atoms with Crippen LogP contribution in [-0.2, 0) is 10.2 Å². The summed E-state index contributed by atoms with van der Waals surface area (Å²) in [5.41, 5.74) is 2.36. The van der Waals surface area contributed by atoms with Crippen LogP contribution in [0.15, 0.2) is 57.6 Å². The van der Waals surface area contributed by atoms with E-state index in [1.54, 1.807) is 31.2 Å². The molecule has 2 aromatic rings. The summed E-state index contributed by atoms with van der Waals surface area (Å²) in [5, 5.41) is 19.7. The number of aliphatic hydroxyl groups is 1. The highest BCUT2D eigenvalue weighted by molar-refractivity contribution is 7.86. The topological polar surface area (TPSA) is 91.1 Å². The molecular formula is C15H16FN3O3S. The van der Waals surface area contributed by atoms with E-state index in [4.69, 9.17) is 5.11 Å². The Kier molecular flexibility index (Phi) is 5.41. The van der Waals surface area contributed by atoms with Crippen LogP contribution in [0.2, 0.25) is 0 Å². The molecule has 122 valence electrons. The molecule has 2 N–H and O–H groups in total. The molecule has 23 heavy (non-hydrogen) atoms. The van der Waals surface area contributed by atoms with Crippen molar-refractivity contribution < 1.29 is 17.4 Å². The van der Waals surface area contributed by atoms with Gasteiger partial charge in [0.2, 0.25) is 0 Å². The molecule has 0 spiro atoms. The standard InChI is InChI=1S/C15H16FN3O3S/c1-11-2-7-14(23(16,21)22)10-15(11)19-18-13-5-3-12(4-6-13)17-8-9-20/h2-7,10,17,20H,8-9H2,1H3. The van der Waals surface area contributed by atoms with Crippen molar-refractivity contribution in [1.82, 2.24) is 0 Å². The minimum atomic E-state index is -4.77. The van der Waals surface area contributed by atoms with Gasteiger partial charge in [-0.05, 0) is 48.9 Å². The fourth-order valence-corrected chi connectivity index (χ4v) is 2.29. The minimum absolute atomic E-state index is 0.0363. The van der Waals surface area contributed by atoms with Gasteiger partial charge in [0.1, 0.15) is 4.90 Å². The fraction of sp³-hybridized carbons (Fsp3) is 0.200. The Bertz CT molecular complexity index is 805. The van der Waals surface area contributed by atoms with Crippen molar-refractivity contribution in [3.8, 4) is 0 Å². The van der Waals surface area contributed by atoms with Crippen LogP contribution in [0.1, 0.15) is 5.56 Å². The van der Waals surface area contributed by atoms with Gasteiger partial charge in [0.25, 0.3) is 0 Å². The van der Waals surface area contributed by atoms with Gasteiger partial charge in [-0.1, -0.05) is 6.07 Å². The molecule has 8 heteroatoms. The molecule has 0 saturated heterocycles. The number of halogens is 1. The van der Waals surface area contributed by atoms with E-state index in [0.29, 0.717) is 17.8 Å². The summed E-state index contributed by atoms with van der Waals surface area (Å²) in [6.45, 7) is 2.21. The zero-order valence-electron chi connectivity index (χ0n) is 12.4. The third-order valence-electron chi connectivity index (χ3n) is 3.04. The second-order valence-corrected chi connectivity index (χ2v) is 6.13. The number of aliphatic hydroxyl groups excluding tert-OH is 1. The van der Waals surface area contributed by atoms with E-state index >= 15 is 0 Å². The highest BCUT2D eigenvalue weighted by Crippen LogP contribution is 2.26. The maximum absolute atomic E-state index is 13.0. The predicted octanol–water partition coefficient (Wildman–Crippen LogP) is 3.47. The first kappa shape index (κ1) is 17.0. The smallest absolute Gasteiger partial charge is 0.332 e. The van der Waals surface area contributed by atoms with E-state index in [1.165, 1.54) is 12.1 Å². The normalized spacial score (nSPS) is 11.8. The summed E-state index contributed by atoms with van der Waals surface area (Å²) in [6, 6.07) is 10.8. The summed E-state index contributed by atoms with van der Waals surface area (Å²) in [6.07, 6.45) is 0. The van der Waals surface area contributed by atoms with Gasteiger partial charge < -0.3 is 10.4 Å². The van der Waals surface area contributed by atoms with E-state index in [9.17, 15) is 12.3 Å². The molecule has 0 heterocycles. The van der Waals surface area contributed by atoms with Gasteiger partial charge >= 0.3 is 10.2 Å². The maximum atomic E-state index is 13.0. The van der Waals surface area contributed by atoms with Crippen LogP contribution in [0, 0.1) is 6.92 Å².